The molecule has 0 radical (unpaired) electrons. The summed E-state index contributed by atoms with van der Waals surface area (Å²) in [6, 6.07) is 8.94. The van der Waals surface area contributed by atoms with Crippen molar-refractivity contribution in [1.82, 2.24) is 0 Å². The molecule has 0 unspecified atom stereocenters. The van der Waals surface area contributed by atoms with E-state index >= 15 is 0 Å². The first kappa shape index (κ1) is 16.8. The van der Waals surface area contributed by atoms with Gasteiger partial charge in [-0.3, -0.25) is 9.52 Å². The van der Waals surface area contributed by atoms with Gasteiger partial charge in [0.1, 0.15) is 11.6 Å². The highest BCUT2D eigenvalue weighted by molar-refractivity contribution is 7.92. The van der Waals surface area contributed by atoms with Crippen LogP contribution in [0, 0.1) is 5.82 Å². The normalized spacial score (nSPS) is 10.9. The van der Waals surface area contributed by atoms with Gasteiger partial charge < -0.3 is 10.1 Å². The smallest absolute Gasteiger partial charge is 0.261 e. The Bertz CT molecular complexity index is 820. The average molecular weight is 338 g/mol. The van der Waals surface area contributed by atoms with E-state index in [0.717, 1.165) is 24.3 Å². The van der Waals surface area contributed by atoms with Gasteiger partial charge in [0.25, 0.3) is 10.0 Å². The molecule has 0 aliphatic carbocycles. The van der Waals surface area contributed by atoms with E-state index in [1.165, 1.54) is 26.2 Å². The lowest BCUT2D eigenvalue weighted by atomic mass is 10.2. The summed E-state index contributed by atoms with van der Waals surface area (Å²) in [5, 5.41) is 2.53. The minimum absolute atomic E-state index is 0.101. The molecule has 0 saturated carbocycles. The number of hydrogen-bond acceptors (Lipinski definition) is 4. The van der Waals surface area contributed by atoms with E-state index in [4.69, 9.17) is 4.74 Å². The van der Waals surface area contributed by atoms with Crippen molar-refractivity contribution in [2.45, 2.75) is 11.8 Å². The fourth-order valence-corrected chi connectivity index (χ4v) is 2.92. The van der Waals surface area contributed by atoms with Crippen LogP contribution in [0.1, 0.15) is 6.92 Å². The fourth-order valence-electron chi connectivity index (χ4n) is 1.85. The Morgan fingerprint density at radius 2 is 1.74 bits per heavy atom. The van der Waals surface area contributed by atoms with E-state index in [0.29, 0.717) is 5.75 Å². The van der Waals surface area contributed by atoms with E-state index < -0.39 is 15.8 Å². The molecule has 23 heavy (non-hydrogen) atoms. The Hall–Kier alpha value is -2.61. The maximum absolute atomic E-state index is 12.9. The molecule has 2 rings (SSSR count). The third-order valence-electron chi connectivity index (χ3n) is 2.91. The molecule has 0 atom stereocenters. The summed E-state index contributed by atoms with van der Waals surface area (Å²) in [6.07, 6.45) is 0. The topological polar surface area (TPSA) is 84.5 Å². The summed E-state index contributed by atoms with van der Waals surface area (Å²) in [7, 11) is -2.50. The zero-order valence-corrected chi connectivity index (χ0v) is 13.3. The second kappa shape index (κ2) is 6.66. The van der Waals surface area contributed by atoms with E-state index in [-0.39, 0.29) is 22.2 Å². The van der Waals surface area contributed by atoms with Gasteiger partial charge in [-0.15, -0.1) is 0 Å². The molecular weight excluding hydrogens is 323 g/mol. The SMILES string of the molecule is COc1ccc(NC(C)=O)c(NS(=O)(=O)c2ccc(F)cc2)c1. The van der Waals surface area contributed by atoms with Crippen LogP contribution >= 0.6 is 0 Å². The predicted octanol–water partition coefficient (Wildman–Crippen LogP) is 2.59. The largest absolute Gasteiger partial charge is 0.497 e. The Morgan fingerprint density at radius 3 is 2.30 bits per heavy atom. The molecule has 0 spiro atoms. The molecule has 8 heteroatoms. The molecule has 0 fully saturated rings. The number of halogens is 1. The average Bonchev–Trinajstić information content (AvgIpc) is 2.48. The molecule has 6 nitrogen and oxygen atoms in total. The summed E-state index contributed by atoms with van der Waals surface area (Å²) >= 11 is 0. The van der Waals surface area contributed by atoms with Crippen molar-refractivity contribution < 1.29 is 22.3 Å². The molecular formula is C15H15FN2O4S. The zero-order valence-electron chi connectivity index (χ0n) is 12.5. The molecule has 2 aromatic carbocycles. The monoisotopic (exact) mass is 338 g/mol. The van der Waals surface area contributed by atoms with Crippen LogP contribution in [-0.4, -0.2) is 21.4 Å². The summed E-state index contributed by atoms with van der Waals surface area (Å²) in [5.74, 6) is -0.474. The molecule has 2 N–H and O–H groups in total. The van der Waals surface area contributed by atoms with E-state index in [2.05, 4.69) is 10.0 Å². The maximum atomic E-state index is 12.9. The van der Waals surface area contributed by atoms with Crippen LogP contribution in [0.3, 0.4) is 0 Å². The fraction of sp³-hybridized carbons (Fsp3) is 0.133. The Kier molecular flexibility index (Phi) is 4.85. The second-order valence-corrected chi connectivity index (χ2v) is 6.33. The third kappa shape index (κ3) is 4.19. The molecule has 0 aliphatic heterocycles. The third-order valence-corrected chi connectivity index (χ3v) is 4.29. The van der Waals surface area contributed by atoms with E-state index in [1.54, 1.807) is 6.07 Å². The summed E-state index contributed by atoms with van der Waals surface area (Å²) in [6.45, 7) is 1.31. The highest BCUT2D eigenvalue weighted by Gasteiger charge is 2.17. The molecule has 0 aliphatic rings. The zero-order chi connectivity index (χ0) is 17.0. The number of nitrogens with one attached hydrogen (secondary N) is 2. The minimum atomic E-state index is -3.94. The summed E-state index contributed by atoms with van der Waals surface area (Å²) in [5.41, 5.74) is 0.424. The number of methoxy groups -OCH3 is 1. The first-order chi connectivity index (χ1) is 10.8. The van der Waals surface area contributed by atoms with Gasteiger partial charge in [-0.25, -0.2) is 12.8 Å². The molecule has 0 aromatic heterocycles. The molecule has 0 saturated heterocycles. The lowest BCUT2D eigenvalue weighted by Crippen LogP contribution is -2.16. The number of hydrogen-bond donors (Lipinski definition) is 2. The quantitative estimate of drug-likeness (QED) is 0.877. The van der Waals surface area contributed by atoms with E-state index in [1.807, 2.05) is 0 Å². The predicted molar refractivity (Wildman–Crippen MR) is 84.5 cm³/mol. The lowest BCUT2D eigenvalue weighted by molar-refractivity contribution is -0.114. The van der Waals surface area contributed by atoms with Crippen molar-refractivity contribution in [3.8, 4) is 5.75 Å². The highest BCUT2D eigenvalue weighted by atomic mass is 32.2. The van der Waals surface area contributed by atoms with Gasteiger partial charge in [0.2, 0.25) is 5.91 Å². The van der Waals surface area contributed by atoms with Crippen molar-refractivity contribution in [2.24, 2.45) is 0 Å². The van der Waals surface area contributed by atoms with Crippen molar-refractivity contribution >= 4 is 27.3 Å². The summed E-state index contributed by atoms with van der Waals surface area (Å²) in [4.78, 5) is 11.1. The lowest BCUT2D eigenvalue weighted by Gasteiger charge is -2.14. The van der Waals surface area contributed by atoms with Crippen molar-refractivity contribution in [3.63, 3.8) is 0 Å². The molecule has 0 heterocycles. The standard InChI is InChI=1S/C15H15FN2O4S/c1-10(19)17-14-8-5-12(22-2)9-15(14)18-23(20,21)13-6-3-11(16)4-7-13/h3-9,18H,1-2H3,(H,17,19). The van der Waals surface area contributed by atoms with Crippen LogP contribution in [0.15, 0.2) is 47.4 Å². The number of amides is 1. The number of benzene rings is 2. The van der Waals surface area contributed by atoms with Gasteiger partial charge in [-0.2, -0.15) is 0 Å². The highest BCUT2D eigenvalue weighted by Crippen LogP contribution is 2.29. The van der Waals surface area contributed by atoms with Crippen molar-refractivity contribution in [1.29, 1.82) is 0 Å². The molecule has 1 amide bonds. The number of anilines is 2. The molecule has 2 aromatic rings. The minimum Gasteiger partial charge on any atom is -0.497 e. The van der Waals surface area contributed by atoms with Crippen LogP contribution < -0.4 is 14.8 Å². The van der Waals surface area contributed by atoms with Crippen LogP contribution in [0.2, 0.25) is 0 Å². The first-order valence-corrected chi connectivity index (χ1v) is 8.04. The first-order valence-electron chi connectivity index (χ1n) is 6.56. The van der Waals surface area contributed by atoms with Gasteiger partial charge in [0.05, 0.1) is 23.4 Å². The number of rotatable bonds is 5. The van der Waals surface area contributed by atoms with E-state index in [9.17, 15) is 17.6 Å². The Labute approximate surface area is 133 Å². The van der Waals surface area contributed by atoms with Crippen LogP contribution in [-0.2, 0) is 14.8 Å². The summed E-state index contributed by atoms with van der Waals surface area (Å²) < 4.78 is 45.1. The Morgan fingerprint density at radius 1 is 1.09 bits per heavy atom. The molecule has 122 valence electrons. The van der Waals surface area contributed by atoms with Crippen LogP contribution in [0.25, 0.3) is 0 Å². The van der Waals surface area contributed by atoms with Gasteiger partial charge in [0, 0.05) is 13.0 Å². The van der Waals surface area contributed by atoms with Crippen molar-refractivity contribution in [2.75, 3.05) is 17.1 Å². The number of carbonyl (C=O) groups is 1. The van der Waals surface area contributed by atoms with Crippen LogP contribution in [0.5, 0.6) is 5.75 Å². The van der Waals surface area contributed by atoms with Gasteiger partial charge >= 0.3 is 0 Å². The number of sulfonamides is 1. The maximum Gasteiger partial charge on any atom is 0.261 e. The van der Waals surface area contributed by atoms with Crippen LogP contribution in [0.4, 0.5) is 15.8 Å². The number of carbonyl (C=O) groups excluding carboxylic acids is 1. The van der Waals surface area contributed by atoms with Gasteiger partial charge in [-0.05, 0) is 36.4 Å². The Balaban J connectivity index is 2.40. The van der Waals surface area contributed by atoms with Gasteiger partial charge in [-0.1, -0.05) is 0 Å². The number of ether oxygens (including phenoxy) is 1. The second-order valence-electron chi connectivity index (χ2n) is 4.65. The van der Waals surface area contributed by atoms with Gasteiger partial charge in [0.15, 0.2) is 0 Å². The molecule has 0 bridgehead atoms. The van der Waals surface area contributed by atoms with Crippen molar-refractivity contribution in [3.05, 3.63) is 48.3 Å².